The summed E-state index contributed by atoms with van der Waals surface area (Å²) in [6, 6.07) is 4.71. The van der Waals surface area contributed by atoms with Crippen LogP contribution in [0.2, 0.25) is 0 Å². The summed E-state index contributed by atoms with van der Waals surface area (Å²) in [5, 5.41) is 3.49. The quantitative estimate of drug-likeness (QED) is 0.541. The third kappa shape index (κ3) is 3.61. The Balaban J connectivity index is 1.50. The number of pyridine rings is 1. The molecule has 1 aliphatic rings. The Morgan fingerprint density at radius 1 is 0.967 bits per heavy atom. The Kier molecular flexibility index (Phi) is 4.84. The summed E-state index contributed by atoms with van der Waals surface area (Å²) in [7, 11) is 0. The van der Waals surface area contributed by atoms with Gasteiger partial charge in [-0.15, -0.1) is 0 Å². The third-order valence-electron chi connectivity index (χ3n) is 5.72. The van der Waals surface area contributed by atoms with Crippen molar-refractivity contribution >= 4 is 11.6 Å². The number of fused-ring (bicyclic) bond motifs is 1. The van der Waals surface area contributed by atoms with E-state index in [-0.39, 0.29) is 0 Å². The second-order valence-electron chi connectivity index (χ2n) is 7.90. The molecule has 0 amide bonds. The lowest BCUT2D eigenvalue weighted by atomic mass is 9.92. The number of hydrogen-bond acceptors (Lipinski definition) is 7. The average Bonchev–Trinajstić information content (AvgIpc) is 3.20. The number of hydrogen-bond donors (Lipinski definition) is 2. The van der Waals surface area contributed by atoms with E-state index in [4.69, 9.17) is 10.7 Å². The fourth-order valence-corrected chi connectivity index (χ4v) is 3.99. The maximum Gasteiger partial charge on any atom is 0.223 e. The lowest BCUT2D eigenvalue weighted by molar-refractivity contribution is 0.410. The average molecular weight is 400 g/mol. The van der Waals surface area contributed by atoms with Crippen molar-refractivity contribution in [1.29, 1.82) is 0 Å². The van der Waals surface area contributed by atoms with Crippen molar-refractivity contribution in [2.75, 3.05) is 5.32 Å². The van der Waals surface area contributed by atoms with Gasteiger partial charge >= 0.3 is 0 Å². The Morgan fingerprint density at radius 2 is 1.77 bits per heavy atom. The van der Waals surface area contributed by atoms with Crippen molar-refractivity contribution in [2.45, 2.75) is 44.7 Å². The van der Waals surface area contributed by atoms with Crippen LogP contribution in [0.1, 0.15) is 31.2 Å². The molecule has 3 N–H and O–H groups in total. The summed E-state index contributed by atoms with van der Waals surface area (Å²) >= 11 is 0. The highest BCUT2D eigenvalue weighted by molar-refractivity contribution is 5.68. The first kappa shape index (κ1) is 18.6. The fraction of sp³-hybridized carbons (Fsp3) is 0.318. The molecule has 4 heterocycles. The lowest BCUT2D eigenvalue weighted by Crippen LogP contribution is -2.33. The van der Waals surface area contributed by atoms with E-state index in [2.05, 4.69) is 29.7 Å². The number of nitrogens with one attached hydrogen (secondary N) is 1. The molecule has 1 saturated carbocycles. The minimum Gasteiger partial charge on any atom is -0.351 e. The normalized spacial score (nSPS) is 19.1. The Labute approximate surface area is 174 Å². The number of rotatable bonds is 4. The summed E-state index contributed by atoms with van der Waals surface area (Å²) in [6.07, 6.45) is 15.1. The summed E-state index contributed by atoms with van der Waals surface area (Å²) in [5.74, 6) is 0.652. The van der Waals surface area contributed by atoms with Gasteiger partial charge in [0.2, 0.25) is 5.95 Å². The van der Waals surface area contributed by atoms with Crippen LogP contribution in [-0.4, -0.2) is 41.4 Å². The fourth-order valence-electron chi connectivity index (χ4n) is 3.99. The molecule has 0 radical (unpaired) electrons. The molecule has 0 unspecified atom stereocenters. The topological polar surface area (TPSA) is 107 Å². The van der Waals surface area contributed by atoms with Gasteiger partial charge in [-0.3, -0.25) is 4.40 Å². The monoisotopic (exact) mass is 400 g/mol. The van der Waals surface area contributed by atoms with Crippen LogP contribution in [0.5, 0.6) is 0 Å². The van der Waals surface area contributed by atoms with Gasteiger partial charge in [0.1, 0.15) is 12.0 Å². The van der Waals surface area contributed by atoms with E-state index < -0.39 is 0 Å². The van der Waals surface area contributed by atoms with E-state index in [1.165, 1.54) is 6.33 Å². The molecule has 0 atom stereocenters. The molecule has 4 aromatic rings. The predicted octanol–water partition coefficient (Wildman–Crippen LogP) is 3.24. The first-order valence-corrected chi connectivity index (χ1v) is 10.3. The Bertz CT molecular complexity index is 1160. The summed E-state index contributed by atoms with van der Waals surface area (Å²) in [5.41, 5.74) is 11.7. The first-order valence-electron chi connectivity index (χ1n) is 10.3. The van der Waals surface area contributed by atoms with Gasteiger partial charge in [0.25, 0.3) is 0 Å². The van der Waals surface area contributed by atoms with E-state index in [0.717, 1.165) is 59.4 Å². The van der Waals surface area contributed by atoms with E-state index >= 15 is 0 Å². The van der Waals surface area contributed by atoms with Crippen LogP contribution in [0, 0.1) is 6.92 Å². The van der Waals surface area contributed by atoms with Crippen molar-refractivity contribution in [3.8, 4) is 22.5 Å². The van der Waals surface area contributed by atoms with Gasteiger partial charge in [-0.25, -0.2) is 24.9 Å². The van der Waals surface area contributed by atoms with Crippen molar-refractivity contribution in [1.82, 2.24) is 29.3 Å². The minimum atomic E-state index is 0.319. The molecule has 8 nitrogen and oxygen atoms in total. The third-order valence-corrected chi connectivity index (χ3v) is 5.72. The first-order chi connectivity index (χ1) is 14.7. The van der Waals surface area contributed by atoms with Crippen molar-refractivity contribution < 1.29 is 0 Å². The molecule has 1 aliphatic carbocycles. The number of aromatic nitrogens is 6. The maximum atomic E-state index is 6.03. The Morgan fingerprint density at radius 3 is 2.57 bits per heavy atom. The van der Waals surface area contributed by atoms with Crippen molar-refractivity contribution in [3.63, 3.8) is 0 Å². The molecule has 5 rings (SSSR count). The van der Waals surface area contributed by atoms with Crippen molar-refractivity contribution in [2.24, 2.45) is 5.73 Å². The highest BCUT2D eigenvalue weighted by Gasteiger charge is 2.20. The molecule has 152 valence electrons. The van der Waals surface area contributed by atoms with Crippen LogP contribution in [0.3, 0.4) is 0 Å². The standard InChI is InChI=1S/C22H24N8/c1-14-8-27-22(28-18-5-3-17(23)4-6-18)29-21(14)19-11-26-20-7-2-15(12-30(19)20)16-9-24-13-25-10-16/h2,7-13,17-18H,3-6,23H2,1H3,(H,27,28,29)/t17-,18-. The summed E-state index contributed by atoms with van der Waals surface area (Å²) in [4.78, 5) is 22.2. The lowest BCUT2D eigenvalue weighted by Gasteiger charge is -2.26. The molecular formula is C22H24N8. The van der Waals surface area contributed by atoms with E-state index in [9.17, 15) is 0 Å². The second-order valence-corrected chi connectivity index (χ2v) is 7.90. The van der Waals surface area contributed by atoms with Crippen LogP contribution in [0.25, 0.3) is 28.2 Å². The number of aryl methyl sites for hydroxylation is 1. The molecule has 0 bridgehead atoms. The maximum absolute atomic E-state index is 6.03. The number of imidazole rings is 1. The van der Waals surface area contributed by atoms with Crippen LogP contribution in [0.15, 0.2) is 49.4 Å². The van der Waals surface area contributed by atoms with Gasteiger partial charge in [0.05, 0.1) is 17.6 Å². The van der Waals surface area contributed by atoms with Crippen molar-refractivity contribution in [3.05, 3.63) is 55.0 Å². The minimum absolute atomic E-state index is 0.319. The number of nitrogens with zero attached hydrogens (tertiary/aromatic N) is 6. The molecule has 4 aromatic heterocycles. The highest BCUT2D eigenvalue weighted by Crippen LogP contribution is 2.27. The SMILES string of the molecule is Cc1cnc(N[C@H]2CC[C@H](N)CC2)nc1-c1cnc2ccc(-c3cncnc3)cn12. The number of anilines is 1. The molecule has 8 heteroatoms. The van der Waals surface area contributed by atoms with Crippen LogP contribution in [0.4, 0.5) is 5.95 Å². The Hall–Kier alpha value is -3.39. The molecule has 0 saturated heterocycles. The zero-order valence-electron chi connectivity index (χ0n) is 16.9. The second kappa shape index (κ2) is 7.79. The molecule has 0 aromatic carbocycles. The van der Waals surface area contributed by atoms with Gasteiger partial charge in [-0.1, -0.05) is 0 Å². The van der Waals surface area contributed by atoms with Crippen LogP contribution in [-0.2, 0) is 0 Å². The van der Waals surface area contributed by atoms with E-state index in [1.807, 2.05) is 37.6 Å². The largest absolute Gasteiger partial charge is 0.351 e. The summed E-state index contributed by atoms with van der Waals surface area (Å²) < 4.78 is 2.06. The molecular weight excluding hydrogens is 376 g/mol. The summed E-state index contributed by atoms with van der Waals surface area (Å²) in [6.45, 7) is 2.02. The van der Waals surface area contributed by atoms with Crippen LogP contribution < -0.4 is 11.1 Å². The van der Waals surface area contributed by atoms with Crippen LogP contribution >= 0.6 is 0 Å². The zero-order valence-corrected chi connectivity index (χ0v) is 16.9. The van der Waals surface area contributed by atoms with E-state index in [1.54, 1.807) is 12.4 Å². The smallest absolute Gasteiger partial charge is 0.223 e. The van der Waals surface area contributed by atoms with Gasteiger partial charge in [-0.2, -0.15) is 0 Å². The zero-order chi connectivity index (χ0) is 20.5. The highest BCUT2D eigenvalue weighted by atomic mass is 15.1. The van der Waals surface area contributed by atoms with Gasteiger partial charge in [0, 0.05) is 48.0 Å². The molecule has 0 aliphatic heterocycles. The van der Waals surface area contributed by atoms with Gasteiger partial charge in [0.15, 0.2) is 0 Å². The van der Waals surface area contributed by atoms with E-state index in [0.29, 0.717) is 18.0 Å². The predicted molar refractivity (Wildman–Crippen MR) is 116 cm³/mol. The molecule has 1 fully saturated rings. The number of nitrogens with two attached hydrogens (primary N) is 1. The molecule has 30 heavy (non-hydrogen) atoms. The van der Waals surface area contributed by atoms with Gasteiger partial charge in [-0.05, 0) is 50.3 Å². The van der Waals surface area contributed by atoms with Gasteiger partial charge < -0.3 is 11.1 Å². The molecule has 0 spiro atoms.